The highest BCUT2D eigenvalue weighted by molar-refractivity contribution is 6.18. The van der Waals surface area contributed by atoms with Gasteiger partial charge in [-0.05, 0) is 12.1 Å². The maximum Gasteiger partial charge on any atom is 0.348 e. The summed E-state index contributed by atoms with van der Waals surface area (Å²) in [5.74, 6) is 0.362. The van der Waals surface area contributed by atoms with Crippen LogP contribution in [-0.2, 0) is 6.54 Å². The summed E-state index contributed by atoms with van der Waals surface area (Å²) < 4.78 is 1.54. The number of rotatable bonds is 5. The van der Waals surface area contributed by atoms with Crippen molar-refractivity contribution in [2.75, 3.05) is 19.0 Å². The Morgan fingerprint density at radius 1 is 1.20 bits per heavy atom. The Morgan fingerprint density at radius 2 is 1.95 bits per heavy atom. The van der Waals surface area contributed by atoms with Gasteiger partial charge < -0.3 is 10.6 Å². The third-order valence-electron chi connectivity index (χ3n) is 2.73. The number of imidazole rings is 1. The average Bonchev–Trinajstić information content (AvgIpc) is 2.62. The molecule has 2 aliphatic rings. The number of hydrogen-bond donors (Lipinski definition) is 2. The summed E-state index contributed by atoms with van der Waals surface area (Å²) in [6, 6.07) is 8.87. The molecular formula is C13H15ClN4O2. The van der Waals surface area contributed by atoms with Crippen molar-refractivity contribution >= 4 is 17.6 Å². The number of alkyl halides is 1. The number of carbonyl (C=O) groups is 1. The molecule has 0 saturated heterocycles. The first-order valence-electron chi connectivity index (χ1n) is 6.25. The molecule has 20 heavy (non-hydrogen) atoms. The topological polar surface area (TPSA) is 76.0 Å². The van der Waals surface area contributed by atoms with Gasteiger partial charge in [-0.3, -0.25) is 4.57 Å². The van der Waals surface area contributed by atoms with Crippen LogP contribution in [0.5, 0.6) is 0 Å². The molecule has 2 amide bonds. The largest absolute Gasteiger partial charge is 0.348 e. The number of nitrogens with one attached hydrogen (secondary N) is 2. The van der Waals surface area contributed by atoms with E-state index in [4.69, 9.17) is 11.6 Å². The fourth-order valence-electron chi connectivity index (χ4n) is 1.84. The molecule has 0 fully saturated rings. The number of aromatic nitrogens is 2. The number of amides is 2. The third-order valence-corrected chi connectivity index (χ3v) is 2.92. The molecule has 106 valence electrons. The zero-order chi connectivity index (χ0) is 14.4. The normalized spacial score (nSPS) is 10.4. The SMILES string of the molecule is O=C(NCCCl)NCCn1c2cccccc-2nc1=O. The van der Waals surface area contributed by atoms with Crippen molar-refractivity contribution in [3.05, 3.63) is 40.8 Å². The highest BCUT2D eigenvalue weighted by Gasteiger charge is 2.12. The van der Waals surface area contributed by atoms with Crippen LogP contribution in [0.2, 0.25) is 0 Å². The summed E-state index contributed by atoms with van der Waals surface area (Å²) in [4.78, 5) is 27.1. The zero-order valence-electron chi connectivity index (χ0n) is 10.8. The molecule has 2 rings (SSSR count). The van der Waals surface area contributed by atoms with Gasteiger partial charge in [0.15, 0.2) is 0 Å². The van der Waals surface area contributed by atoms with E-state index in [9.17, 15) is 9.59 Å². The zero-order valence-corrected chi connectivity index (χ0v) is 11.6. The van der Waals surface area contributed by atoms with Crippen molar-refractivity contribution in [2.45, 2.75) is 6.54 Å². The van der Waals surface area contributed by atoms with E-state index in [2.05, 4.69) is 15.6 Å². The molecule has 0 radical (unpaired) electrons. The molecule has 0 aromatic carbocycles. The van der Waals surface area contributed by atoms with Gasteiger partial charge in [0, 0.05) is 25.5 Å². The van der Waals surface area contributed by atoms with Gasteiger partial charge in [-0.2, -0.15) is 4.98 Å². The Bertz CT molecular complexity index is 614. The van der Waals surface area contributed by atoms with Gasteiger partial charge in [-0.1, -0.05) is 18.2 Å². The van der Waals surface area contributed by atoms with Crippen LogP contribution in [0, 0.1) is 0 Å². The second-order valence-electron chi connectivity index (χ2n) is 4.10. The number of halogens is 1. The maximum absolute atomic E-state index is 11.8. The molecule has 0 aromatic rings. The summed E-state index contributed by atoms with van der Waals surface area (Å²) in [6.45, 7) is 1.12. The van der Waals surface area contributed by atoms with Crippen LogP contribution in [0.25, 0.3) is 11.4 Å². The second-order valence-corrected chi connectivity index (χ2v) is 4.48. The second kappa shape index (κ2) is 6.91. The highest BCUT2D eigenvalue weighted by Crippen LogP contribution is 2.14. The minimum absolute atomic E-state index is 0.298. The van der Waals surface area contributed by atoms with E-state index in [-0.39, 0.29) is 11.7 Å². The fourth-order valence-corrected chi connectivity index (χ4v) is 1.93. The van der Waals surface area contributed by atoms with E-state index >= 15 is 0 Å². The van der Waals surface area contributed by atoms with Crippen molar-refractivity contribution in [3.8, 4) is 11.4 Å². The summed E-state index contributed by atoms with van der Waals surface area (Å²) in [6.07, 6.45) is 0. The van der Waals surface area contributed by atoms with Gasteiger partial charge in [-0.15, -0.1) is 11.6 Å². The fraction of sp³-hybridized carbons (Fsp3) is 0.308. The quantitative estimate of drug-likeness (QED) is 0.804. The van der Waals surface area contributed by atoms with E-state index < -0.39 is 0 Å². The highest BCUT2D eigenvalue weighted by atomic mass is 35.5. The summed E-state index contributed by atoms with van der Waals surface area (Å²) >= 11 is 5.46. The number of fused-ring (bicyclic) bond motifs is 1. The Morgan fingerprint density at radius 3 is 2.75 bits per heavy atom. The molecule has 0 spiro atoms. The number of nitrogens with zero attached hydrogens (tertiary/aromatic N) is 2. The predicted molar refractivity (Wildman–Crippen MR) is 77.2 cm³/mol. The molecule has 1 heterocycles. The minimum atomic E-state index is -0.311. The first-order chi connectivity index (χ1) is 9.72. The Kier molecular flexibility index (Phi) is 4.95. The summed E-state index contributed by atoms with van der Waals surface area (Å²) in [5, 5.41) is 5.24. The van der Waals surface area contributed by atoms with E-state index in [0.717, 1.165) is 5.69 Å². The monoisotopic (exact) mass is 294 g/mol. The Balaban J connectivity index is 2.00. The average molecular weight is 295 g/mol. The lowest BCUT2D eigenvalue weighted by Gasteiger charge is -2.07. The van der Waals surface area contributed by atoms with Crippen molar-refractivity contribution < 1.29 is 4.79 Å². The molecule has 0 aromatic heterocycles. The molecule has 1 aliphatic heterocycles. The molecule has 0 bridgehead atoms. The van der Waals surface area contributed by atoms with Gasteiger partial charge in [0.1, 0.15) is 0 Å². The van der Waals surface area contributed by atoms with Crippen LogP contribution in [0.1, 0.15) is 0 Å². The van der Waals surface area contributed by atoms with Gasteiger partial charge >= 0.3 is 11.7 Å². The number of carbonyl (C=O) groups excluding carboxylic acids is 1. The maximum atomic E-state index is 11.8. The van der Waals surface area contributed by atoms with Crippen LogP contribution in [-0.4, -0.2) is 34.6 Å². The minimum Gasteiger partial charge on any atom is -0.337 e. The molecule has 6 nitrogen and oxygen atoms in total. The van der Waals surface area contributed by atoms with E-state index in [0.29, 0.717) is 31.2 Å². The molecular weight excluding hydrogens is 280 g/mol. The smallest absolute Gasteiger partial charge is 0.337 e. The van der Waals surface area contributed by atoms with Crippen LogP contribution in [0.3, 0.4) is 0 Å². The van der Waals surface area contributed by atoms with Crippen molar-refractivity contribution in [1.82, 2.24) is 20.2 Å². The van der Waals surface area contributed by atoms with Crippen molar-refractivity contribution in [3.63, 3.8) is 0 Å². The van der Waals surface area contributed by atoms with Gasteiger partial charge in [0.05, 0.1) is 11.4 Å². The molecule has 2 N–H and O–H groups in total. The molecule has 0 unspecified atom stereocenters. The molecule has 1 aliphatic carbocycles. The lowest BCUT2D eigenvalue weighted by molar-refractivity contribution is 0.241. The molecule has 7 heteroatoms. The summed E-state index contributed by atoms with van der Waals surface area (Å²) in [7, 11) is 0. The van der Waals surface area contributed by atoms with Crippen LogP contribution < -0.4 is 16.3 Å². The van der Waals surface area contributed by atoms with E-state index in [1.165, 1.54) is 4.57 Å². The van der Waals surface area contributed by atoms with Crippen molar-refractivity contribution in [1.29, 1.82) is 0 Å². The molecule has 0 atom stereocenters. The lowest BCUT2D eigenvalue weighted by Crippen LogP contribution is -2.38. The third kappa shape index (κ3) is 3.48. The van der Waals surface area contributed by atoms with Gasteiger partial charge in [0.2, 0.25) is 0 Å². The van der Waals surface area contributed by atoms with Gasteiger partial charge in [0.25, 0.3) is 0 Å². The lowest BCUT2D eigenvalue weighted by atomic mass is 10.3. The van der Waals surface area contributed by atoms with Crippen LogP contribution in [0.15, 0.2) is 35.1 Å². The van der Waals surface area contributed by atoms with E-state index in [1.54, 1.807) is 6.07 Å². The Hall–Kier alpha value is -2.08. The predicted octanol–water partition coefficient (Wildman–Crippen LogP) is 0.886. The first kappa shape index (κ1) is 14.3. The van der Waals surface area contributed by atoms with Crippen LogP contribution >= 0.6 is 11.6 Å². The first-order valence-corrected chi connectivity index (χ1v) is 6.79. The Labute approximate surface area is 121 Å². The standard InChI is InChI=1S/C13H15ClN4O2/c14-6-7-15-12(19)16-8-9-18-11-5-3-1-2-4-10(11)17-13(18)20/h1-5H,6-9H2,(H2,15,16,19). The summed E-state index contributed by atoms with van der Waals surface area (Å²) in [5.41, 5.74) is 1.09. The van der Waals surface area contributed by atoms with E-state index in [1.807, 2.05) is 24.3 Å². The number of hydrogen-bond acceptors (Lipinski definition) is 3. The van der Waals surface area contributed by atoms with Crippen LogP contribution in [0.4, 0.5) is 4.79 Å². The molecule has 0 saturated carbocycles. The number of urea groups is 1. The van der Waals surface area contributed by atoms with Crippen molar-refractivity contribution in [2.24, 2.45) is 0 Å². The van der Waals surface area contributed by atoms with Gasteiger partial charge in [-0.25, -0.2) is 9.59 Å².